The van der Waals surface area contributed by atoms with Gasteiger partial charge in [-0.05, 0) is 50.6 Å². The van der Waals surface area contributed by atoms with E-state index in [0.717, 1.165) is 0 Å². The Balaban J connectivity index is 0.00000190. The highest BCUT2D eigenvalue weighted by atomic mass is 16.6. The first-order chi connectivity index (χ1) is 13.2. The third-order valence-electron chi connectivity index (χ3n) is 3.32. The van der Waals surface area contributed by atoms with Gasteiger partial charge in [-0.2, -0.15) is 0 Å². The number of nitrogens with one attached hydrogen (secondary N) is 1. The third kappa shape index (κ3) is 7.00. The van der Waals surface area contributed by atoms with E-state index in [1.807, 2.05) is 13.8 Å². The van der Waals surface area contributed by atoms with Crippen molar-refractivity contribution in [2.75, 3.05) is 12.4 Å². The van der Waals surface area contributed by atoms with Crippen molar-refractivity contribution in [2.45, 2.75) is 46.3 Å². The number of aliphatic hydroxyl groups excluding tert-OH is 1. The van der Waals surface area contributed by atoms with Crippen molar-refractivity contribution in [1.29, 1.82) is 0 Å². The number of pyridine rings is 1. The van der Waals surface area contributed by atoms with Crippen LogP contribution in [0.15, 0.2) is 42.5 Å². The van der Waals surface area contributed by atoms with Crippen molar-refractivity contribution in [3.63, 3.8) is 0 Å². The highest BCUT2D eigenvalue weighted by Gasteiger charge is 2.17. The van der Waals surface area contributed by atoms with Crippen LogP contribution in [0.25, 0.3) is 0 Å². The normalized spacial score (nSPS) is 11.5. The Kier molecular flexibility index (Phi) is 8.60. The van der Waals surface area contributed by atoms with Gasteiger partial charge in [0.2, 0.25) is 0 Å². The van der Waals surface area contributed by atoms with E-state index >= 15 is 0 Å². The third-order valence-corrected chi connectivity index (χ3v) is 3.32. The number of methoxy groups -OCH3 is 1. The topological polar surface area (TPSA) is 97.8 Å². The molecule has 0 bridgehead atoms. The van der Waals surface area contributed by atoms with Gasteiger partial charge < -0.3 is 14.6 Å². The highest BCUT2D eigenvalue weighted by molar-refractivity contribution is 5.87. The van der Waals surface area contributed by atoms with E-state index in [-0.39, 0.29) is 5.69 Å². The van der Waals surface area contributed by atoms with Crippen molar-refractivity contribution in [1.82, 2.24) is 4.98 Å². The van der Waals surface area contributed by atoms with Gasteiger partial charge in [-0.1, -0.05) is 32.0 Å². The van der Waals surface area contributed by atoms with Crippen molar-refractivity contribution in [3.05, 3.63) is 59.4 Å². The number of aromatic nitrogens is 1. The smallest absolute Gasteiger partial charge is 0.412 e. The van der Waals surface area contributed by atoms with Crippen molar-refractivity contribution in [3.8, 4) is 0 Å². The minimum Gasteiger partial charge on any atom is -0.464 e. The number of carbonyl (C=O) groups is 2. The first-order valence-corrected chi connectivity index (χ1v) is 9.03. The quantitative estimate of drug-likeness (QED) is 0.757. The number of anilines is 1. The number of carbonyl (C=O) groups excluding carboxylic acids is 2. The zero-order chi connectivity index (χ0) is 21.3. The molecule has 7 heteroatoms. The first kappa shape index (κ1) is 23.1. The van der Waals surface area contributed by atoms with Gasteiger partial charge in [0.05, 0.1) is 12.8 Å². The second-order valence-electron chi connectivity index (χ2n) is 6.59. The van der Waals surface area contributed by atoms with E-state index in [1.165, 1.54) is 13.2 Å². The number of esters is 1. The van der Waals surface area contributed by atoms with Crippen LogP contribution < -0.4 is 5.32 Å². The zero-order valence-corrected chi connectivity index (χ0v) is 17.1. The van der Waals surface area contributed by atoms with Gasteiger partial charge in [-0.15, -0.1) is 0 Å². The zero-order valence-electron chi connectivity index (χ0n) is 17.1. The van der Waals surface area contributed by atoms with E-state index in [1.54, 1.807) is 57.2 Å². The summed E-state index contributed by atoms with van der Waals surface area (Å²) in [5.74, 6) is -0.573. The van der Waals surface area contributed by atoms with Crippen LogP contribution in [0.4, 0.5) is 10.5 Å². The van der Waals surface area contributed by atoms with E-state index < -0.39 is 23.8 Å². The van der Waals surface area contributed by atoms with Gasteiger partial charge >= 0.3 is 12.1 Å². The van der Waals surface area contributed by atoms with Crippen LogP contribution in [-0.4, -0.2) is 34.9 Å². The predicted octanol–water partition coefficient (Wildman–Crippen LogP) is 4.32. The second kappa shape index (κ2) is 10.4. The molecule has 1 aromatic heterocycles. The maximum Gasteiger partial charge on any atom is 0.412 e. The molecule has 1 aromatic carbocycles. The summed E-state index contributed by atoms with van der Waals surface area (Å²) in [6, 6.07) is 11.4. The van der Waals surface area contributed by atoms with Gasteiger partial charge in [0.15, 0.2) is 0 Å². The summed E-state index contributed by atoms with van der Waals surface area (Å²) in [4.78, 5) is 27.4. The average Bonchev–Trinajstić information content (AvgIpc) is 2.67. The maximum absolute atomic E-state index is 11.8. The van der Waals surface area contributed by atoms with E-state index in [9.17, 15) is 14.7 Å². The molecule has 0 aliphatic carbocycles. The molecule has 152 valence electrons. The molecule has 7 nitrogen and oxygen atoms in total. The van der Waals surface area contributed by atoms with Crippen molar-refractivity contribution < 1.29 is 24.2 Å². The molecule has 2 rings (SSSR count). The Bertz CT molecular complexity index is 782. The predicted molar refractivity (Wildman–Crippen MR) is 107 cm³/mol. The lowest BCUT2D eigenvalue weighted by molar-refractivity contribution is 0.0591. The Morgan fingerprint density at radius 1 is 1.07 bits per heavy atom. The molecule has 28 heavy (non-hydrogen) atoms. The van der Waals surface area contributed by atoms with Crippen molar-refractivity contribution >= 4 is 17.7 Å². The maximum atomic E-state index is 11.8. The van der Waals surface area contributed by atoms with Crippen LogP contribution in [-0.2, 0) is 9.47 Å². The van der Waals surface area contributed by atoms with Crippen LogP contribution in [0.2, 0.25) is 0 Å². The first-order valence-electron chi connectivity index (χ1n) is 9.03. The van der Waals surface area contributed by atoms with Crippen molar-refractivity contribution in [2.24, 2.45) is 0 Å². The fourth-order valence-corrected chi connectivity index (χ4v) is 2.16. The second-order valence-corrected chi connectivity index (χ2v) is 6.59. The Hall–Kier alpha value is -2.93. The lowest BCUT2D eigenvalue weighted by atomic mass is 10.1. The van der Waals surface area contributed by atoms with Crippen LogP contribution >= 0.6 is 0 Å². The molecular formula is C21H28N2O5. The average molecular weight is 388 g/mol. The summed E-state index contributed by atoms with van der Waals surface area (Å²) >= 11 is 0. The molecule has 2 aromatic rings. The molecule has 0 aliphatic heterocycles. The minimum absolute atomic E-state index is 0.118. The largest absolute Gasteiger partial charge is 0.464 e. The number of amides is 1. The number of benzene rings is 1. The van der Waals surface area contributed by atoms with Gasteiger partial charge in [0.25, 0.3) is 0 Å². The number of nitrogens with zero attached hydrogens (tertiary/aromatic N) is 1. The SMILES string of the molecule is CC.COC(=O)c1cccc(C(O)c2ccc(NC(=O)OC(C)(C)C)cc2)n1. The van der Waals surface area contributed by atoms with Crippen LogP contribution in [0.3, 0.4) is 0 Å². The van der Waals surface area contributed by atoms with Crippen LogP contribution in [0, 0.1) is 0 Å². The monoisotopic (exact) mass is 388 g/mol. The van der Waals surface area contributed by atoms with Gasteiger partial charge in [0.1, 0.15) is 17.4 Å². The summed E-state index contributed by atoms with van der Waals surface area (Å²) in [7, 11) is 1.27. The van der Waals surface area contributed by atoms with Gasteiger partial charge in [0, 0.05) is 5.69 Å². The van der Waals surface area contributed by atoms with E-state index in [4.69, 9.17) is 4.74 Å². The number of ether oxygens (including phenoxy) is 2. The molecule has 1 atom stereocenters. The van der Waals surface area contributed by atoms with Gasteiger partial charge in [-0.25, -0.2) is 14.6 Å². The molecule has 1 heterocycles. The standard InChI is InChI=1S/C19H22N2O5.C2H6/c1-19(2,3)26-18(24)20-13-10-8-12(9-11-13)16(22)14-6-5-7-15(21-14)17(23)25-4;1-2/h5-11,16,22H,1-4H3,(H,20,24);1-2H3. The molecule has 0 saturated carbocycles. The van der Waals surface area contributed by atoms with Crippen LogP contribution in [0.1, 0.15) is 62.5 Å². The summed E-state index contributed by atoms with van der Waals surface area (Å²) in [6.07, 6.45) is -1.58. The van der Waals surface area contributed by atoms with Gasteiger partial charge in [-0.3, -0.25) is 5.32 Å². The molecule has 0 radical (unpaired) electrons. The molecule has 0 spiro atoms. The molecule has 1 unspecified atom stereocenters. The van der Waals surface area contributed by atoms with E-state index in [0.29, 0.717) is 16.9 Å². The summed E-state index contributed by atoms with van der Waals surface area (Å²) in [6.45, 7) is 9.34. The lowest BCUT2D eigenvalue weighted by Crippen LogP contribution is -2.27. The Labute approximate surface area is 165 Å². The summed E-state index contributed by atoms with van der Waals surface area (Å²) in [5.41, 5.74) is 0.949. The van der Waals surface area contributed by atoms with E-state index in [2.05, 4.69) is 15.0 Å². The summed E-state index contributed by atoms with van der Waals surface area (Å²) in [5, 5.41) is 13.1. The Morgan fingerprint density at radius 2 is 1.68 bits per heavy atom. The number of aliphatic hydroxyl groups is 1. The summed E-state index contributed by atoms with van der Waals surface area (Å²) < 4.78 is 9.81. The molecule has 1 amide bonds. The number of rotatable bonds is 4. The Morgan fingerprint density at radius 3 is 2.21 bits per heavy atom. The molecular weight excluding hydrogens is 360 g/mol. The fourth-order valence-electron chi connectivity index (χ4n) is 2.16. The van der Waals surface area contributed by atoms with Crippen LogP contribution in [0.5, 0.6) is 0 Å². The minimum atomic E-state index is -1.02. The molecule has 0 fully saturated rings. The molecule has 0 saturated heterocycles. The highest BCUT2D eigenvalue weighted by Crippen LogP contribution is 2.22. The number of hydrogen-bond donors (Lipinski definition) is 2. The molecule has 0 aliphatic rings. The number of hydrogen-bond acceptors (Lipinski definition) is 6. The molecule has 2 N–H and O–H groups in total. The fraction of sp³-hybridized carbons (Fsp3) is 0.381. The lowest BCUT2D eigenvalue weighted by Gasteiger charge is -2.19.